The highest BCUT2D eigenvalue weighted by molar-refractivity contribution is 5.61. The molecule has 15 heavy (non-hydrogen) atoms. The number of hydrogen-bond acceptors (Lipinski definition) is 4. The fourth-order valence-electron chi connectivity index (χ4n) is 2.32. The lowest BCUT2D eigenvalue weighted by molar-refractivity contribution is 0.0872. The second kappa shape index (κ2) is 3.45. The third kappa shape index (κ3) is 1.74. The van der Waals surface area contributed by atoms with Crippen LogP contribution in [0.2, 0.25) is 0 Å². The highest BCUT2D eigenvalue weighted by atomic mass is 16.7. The Balaban J connectivity index is 2.22. The molecule has 0 radical (unpaired) electrons. The molecule has 0 aromatic rings. The Kier molecular flexibility index (Phi) is 2.26. The van der Waals surface area contributed by atoms with Crippen molar-refractivity contribution in [1.82, 2.24) is 0 Å². The van der Waals surface area contributed by atoms with Gasteiger partial charge in [-0.05, 0) is 19.3 Å². The second-order valence-corrected chi connectivity index (χ2v) is 3.67. The van der Waals surface area contributed by atoms with Crippen LogP contribution in [0.3, 0.4) is 0 Å². The molecule has 0 aliphatic heterocycles. The first-order chi connectivity index (χ1) is 7.08. The molecule has 2 bridgehead atoms. The van der Waals surface area contributed by atoms with E-state index in [4.69, 9.17) is 10.2 Å². The van der Waals surface area contributed by atoms with Crippen molar-refractivity contribution in [3.8, 4) is 0 Å². The largest absolute Gasteiger partial charge is 0.511 e. The summed E-state index contributed by atoms with van der Waals surface area (Å²) in [6.45, 7) is 0. The van der Waals surface area contributed by atoms with Crippen molar-refractivity contribution in [2.75, 3.05) is 0 Å². The average Bonchev–Trinajstić information content (AvgIpc) is 2.67. The van der Waals surface area contributed by atoms with Crippen molar-refractivity contribution in [3.63, 3.8) is 0 Å². The van der Waals surface area contributed by atoms with Gasteiger partial charge in [0, 0.05) is 11.8 Å². The molecule has 0 saturated heterocycles. The summed E-state index contributed by atoms with van der Waals surface area (Å²) < 4.78 is 9.13. The lowest BCUT2D eigenvalue weighted by Crippen LogP contribution is -2.14. The quantitative estimate of drug-likeness (QED) is 0.683. The van der Waals surface area contributed by atoms with E-state index in [9.17, 15) is 9.59 Å². The van der Waals surface area contributed by atoms with Gasteiger partial charge in [-0.2, -0.15) is 0 Å². The molecule has 0 aromatic carbocycles. The SMILES string of the molecule is O=C(O)OC1=C(OC(=O)O)C2CCC1C2. The number of hydrogen-bond donors (Lipinski definition) is 2. The molecular weight excluding hydrogens is 204 g/mol. The van der Waals surface area contributed by atoms with Crippen molar-refractivity contribution in [2.45, 2.75) is 19.3 Å². The first-order valence-electron chi connectivity index (χ1n) is 4.63. The van der Waals surface area contributed by atoms with E-state index in [1.807, 2.05) is 0 Å². The van der Waals surface area contributed by atoms with Gasteiger partial charge >= 0.3 is 12.3 Å². The first kappa shape index (κ1) is 9.82. The maximum Gasteiger partial charge on any atom is 0.511 e. The van der Waals surface area contributed by atoms with Crippen LogP contribution in [0.4, 0.5) is 9.59 Å². The zero-order chi connectivity index (χ0) is 11.0. The van der Waals surface area contributed by atoms with Gasteiger partial charge in [-0.25, -0.2) is 9.59 Å². The predicted octanol–water partition coefficient (Wildman–Crippen LogP) is 2.02. The van der Waals surface area contributed by atoms with Gasteiger partial charge < -0.3 is 19.7 Å². The van der Waals surface area contributed by atoms with Crippen molar-refractivity contribution in [3.05, 3.63) is 11.5 Å². The van der Waals surface area contributed by atoms with E-state index in [-0.39, 0.29) is 23.4 Å². The fraction of sp³-hybridized carbons (Fsp3) is 0.556. The third-order valence-electron chi connectivity index (χ3n) is 2.81. The maximum absolute atomic E-state index is 10.4. The number of fused-ring (bicyclic) bond motifs is 2. The summed E-state index contributed by atoms with van der Waals surface area (Å²) in [5.74, 6) is 0.364. The molecular formula is C9H10O6. The zero-order valence-electron chi connectivity index (χ0n) is 7.80. The van der Waals surface area contributed by atoms with E-state index >= 15 is 0 Å². The van der Waals surface area contributed by atoms with Crippen molar-refractivity contribution >= 4 is 12.3 Å². The van der Waals surface area contributed by atoms with E-state index in [1.165, 1.54) is 0 Å². The first-order valence-corrected chi connectivity index (χ1v) is 4.63. The summed E-state index contributed by atoms with van der Waals surface area (Å²) in [6, 6.07) is 0. The normalized spacial score (nSPS) is 28.0. The summed E-state index contributed by atoms with van der Waals surface area (Å²) in [4.78, 5) is 20.8. The Morgan fingerprint density at radius 1 is 1.00 bits per heavy atom. The molecule has 0 spiro atoms. The van der Waals surface area contributed by atoms with Crippen LogP contribution >= 0.6 is 0 Å². The average molecular weight is 214 g/mol. The summed E-state index contributed by atoms with van der Waals surface area (Å²) >= 11 is 0. The molecule has 0 heterocycles. The van der Waals surface area contributed by atoms with Crippen LogP contribution in [-0.2, 0) is 9.47 Å². The van der Waals surface area contributed by atoms with E-state index in [0.29, 0.717) is 0 Å². The van der Waals surface area contributed by atoms with Crippen LogP contribution in [0.15, 0.2) is 11.5 Å². The molecule has 6 heteroatoms. The molecule has 6 nitrogen and oxygen atoms in total. The van der Waals surface area contributed by atoms with E-state index in [1.54, 1.807) is 0 Å². The lowest BCUT2D eigenvalue weighted by Gasteiger charge is -2.16. The monoisotopic (exact) mass is 214 g/mol. The number of ether oxygens (including phenoxy) is 2. The van der Waals surface area contributed by atoms with Crippen LogP contribution in [0, 0.1) is 11.8 Å². The van der Waals surface area contributed by atoms with Gasteiger partial charge in [-0.1, -0.05) is 0 Å². The van der Waals surface area contributed by atoms with Gasteiger partial charge in [0.1, 0.15) is 0 Å². The van der Waals surface area contributed by atoms with Crippen molar-refractivity contribution in [2.24, 2.45) is 11.8 Å². The van der Waals surface area contributed by atoms with Crippen molar-refractivity contribution in [1.29, 1.82) is 0 Å². The molecule has 2 rings (SSSR count). The molecule has 2 aliphatic rings. The summed E-state index contributed by atoms with van der Waals surface area (Å²) in [6.07, 6.45) is -0.460. The topological polar surface area (TPSA) is 93.1 Å². The highest BCUT2D eigenvalue weighted by Gasteiger charge is 2.44. The highest BCUT2D eigenvalue weighted by Crippen LogP contribution is 2.49. The van der Waals surface area contributed by atoms with Crippen LogP contribution < -0.4 is 0 Å². The number of carboxylic acid groups (broad SMARTS) is 2. The zero-order valence-corrected chi connectivity index (χ0v) is 7.80. The molecule has 2 atom stereocenters. The lowest BCUT2D eigenvalue weighted by atomic mass is 10.0. The predicted molar refractivity (Wildman–Crippen MR) is 46.1 cm³/mol. The Bertz CT molecular complexity index is 313. The van der Waals surface area contributed by atoms with Gasteiger partial charge in [-0.3, -0.25) is 0 Å². The van der Waals surface area contributed by atoms with Crippen LogP contribution in [-0.4, -0.2) is 22.5 Å². The van der Waals surface area contributed by atoms with Crippen molar-refractivity contribution < 1.29 is 29.3 Å². The minimum absolute atomic E-state index is 0.000417. The summed E-state index contributed by atoms with van der Waals surface area (Å²) in [5, 5.41) is 17.0. The molecule has 2 N–H and O–H groups in total. The minimum Gasteiger partial charge on any atom is -0.449 e. The van der Waals surface area contributed by atoms with Gasteiger partial charge in [0.05, 0.1) is 0 Å². The molecule has 0 amide bonds. The number of rotatable bonds is 2. The summed E-state index contributed by atoms with van der Waals surface area (Å²) in [5.41, 5.74) is 0. The third-order valence-corrected chi connectivity index (χ3v) is 2.81. The Hall–Kier alpha value is -1.72. The Labute approximate surface area is 85.1 Å². The molecule has 2 aliphatic carbocycles. The van der Waals surface area contributed by atoms with Crippen LogP contribution in [0.1, 0.15) is 19.3 Å². The van der Waals surface area contributed by atoms with Gasteiger partial charge in [0.15, 0.2) is 11.5 Å². The number of carbonyl (C=O) groups is 2. The van der Waals surface area contributed by atoms with Crippen LogP contribution in [0.25, 0.3) is 0 Å². The smallest absolute Gasteiger partial charge is 0.449 e. The standard InChI is InChI=1S/C9H10O6/c10-8(11)14-6-4-1-2-5(3-4)7(6)15-9(12)13/h4-5H,1-3H2,(H,10,11)(H,12,13). The molecule has 82 valence electrons. The maximum atomic E-state index is 10.4. The van der Waals surface area contributed by atoms with Gasteiger partial charge in [0.2, 0.25) is 0 Å². The van der Waals surface area contributed by atoms with E-state index in [0.717, 1.165) is 19.3 Å². The molecule has 0 aromatic heterocycles. The van der Waals surface area contributed by atoms with E-state index < -0.39 is 12.3 Å². The fourth-order valence-corrected chi connectivity index (χ4v) is 2.32. The molecule has 2 unspecified atom stereocenters. The second-order valence-electron chi connectivity index (χ2n) is 3.67. The molecule has 1 fully saturated rings. The minimum atomic E-state index is -1.43. The van der Waals surface area contributed by atoms with E-state index in [2.05, 4.69) is 9.47 Å². The molecule has 1 saturated carbocycles. The Morgan fingerprint density at radius 2 is 1.40 bits per heavy atom. The number of allylic oxidation sites excluding steroid dienone is 2. The van der Waals surface area contributed by atoms with Crippen LogP contribution in [0.5, 0.6) is 0 Å². The van der Waals surface area contributed by atoms with Gasteiger partial charge in [-0.15, -0.1) is 0 Å². The summed E-state index contributed by atoms with van der Waals surface area (Å²) in [7, 11) is 0. The Morgan fingerprint density at radius 3 is 1.73 bits per heavy atom. The van der Waals surface area contributed by atoms with Gasteiger partial charge in [0.25, 0.3) is 0 Å².